The molecule has 1 aromatic rings. The van der Waals surface area contributed by atoms with E-state index >= 15 is 0 Å². The Kier molecular flexibility index (Phi) is 5.72. The number of sulfonamides is 1. The van der Waals surface area contributed by atoms with E-state index in [0.717, 1.165) is 16.7 Å². The predicted molar refractivity (Wildman–Crippen MR) is 76.7 cm³/mol. The maximum atomic E-state index is 12.1. The van der Waals surface area contributed by atoms with Crippen LogP contribution in [-0.4, -0.2) is 28.2 Å². The van der Waals surface area contributed by atoms with E-state index in [9.17, 15) is 8.42 Å². The molecular formula is C14H21NO3S. The van der Waals surface area contributed by atoms with Crippen molar-refractivity contribution in [1.82, 2.24) is 4.72 Å². The summed E-state index contributed by atoms with van der Waals surface area (Å²) in [4.78, 5) is 0.326. The lowest BCUT2D eigenvalue weighted by molar-refractivity contribution is 0.162. The Morgan fingerprint density at radius 3 is 2.68 bits per heavy atom. The standard InChI is InChI=1S/C14H21NO3S/c1-11(2)10-18-8-7-15-19(16,17)14-9-12(3)5-6-13(14)4/h5-6,9,15H,1,7-8,10H2,2-4H3. The second-order valence-electron chi connectivity index (χ2n) is 4.68. The van der Waals surface area contributed by atoms with E-state index in [1.54, 1.807) is 13.0 Å². The average molecular weight is 283 g/mol. The zero-order valence-corrected chi connectivity index (χ0v) is 12.5. The fraction of sp³-hybridized carbons (Fsp3) is 0.429. The Hall–Kier alpha value is -1.17. The van der Waals surface area contributed by atoms with E-state index in [1.165, 1.54) is 0 Å². The van der Waals surface area contributed by atoms with Gasteiger partial charge in [-0.1, -0.05) is 24.3 Å². The molecule has 0 unspecified atom stereocenters. The number of nitrogens with one attached hydrogen (secondary N) is 1. The molecule has 5 heteroatoms. The zero-order chi connectivity index (χ0) is 14.5. The fourth-order valence-electron chi connectivity index (χ4n) is 1.57. The van der Waals surface area contributed by atoms with E-state index in [2.05, 4.69) is 11.3 Å². The first-order chi connectivity index (χ1) is 8.83. The van der Waals surface area contributed by atoms with Crippen molar-refractivity contribution in [3.05, 3.63) is 41.5 Å². The Balaban J connectivity index is 2.61. The van der Waals surface area contributed by atoms with Crippen molar-refractivity contribution >= 4 is 10.0 Å². The van der Waals surface area contributed by atoms with Gasteiger partial charge in [0.05, 0.1) is 18.1 Å². The Morgan fingerprint density at radius 1 is 1.37 bits per heavy atom. The van der Waals surface area contributed by atoms with Crippen LogP contribution in [0, 0.1) is 13.8 Å². The third-order valence-corrected chi connectivity index (χ3v) is 4.12. The normalized spacial score (nSPS) is 11.5. The largest absolute Gasteiger partial charge is 0.376 e. The smallest absolute Gasteiger partial charge is 0.240 e. The highest BCUT2D eigenvalue weighted by Crippen LogP contribution is 2.16. The highest BCUT2D eigenvalue weighted by molar-refractivity contribution is 7.89. The van der Waals surface area contributed by atoms with Crippen molar-refractivity contribution < 1.29 is 13.2 Å². The van der Waals surface area contributed by atoms with E-state index < -0.39 is 10.0 Å². The first-order valence-corrected chi connectivity index (χ1v) is 7.60. The van der Waals surface area contributed by atoms with Crippen LogP contribution in [-0.2, 0) is 14.8 Å². The van der Waals surface area contributed by atoms with Crippen LogP contribution >= 0.6 is 0 Å². The van der Waals surface area contributed by atoms with Crippen LogP contribution in [0.2, 0.25) is 0 Å². The molecule has 0 spiro atoms. The number of aryl methyl sites for hydroxylation is 2. The van der Waals surface area contributed by atoms with Crippen molar-refractivity contribution in [3.8, 4) is 0 Å². The highest BCUT2D eigenvalue weighted by Gasteiger charge is 2.16. The molecule has 0 bridgehead atoms. The summed E-state index contributed by atoms with van der Waals surface area (Å²) < 4.78 is 32.0. The van der Waals surface area contributed by atoms with Crippen molar-refractivity contribution in [2.24, 2.45) is 0 Å². The van der Waals surface area contributed by atoms with Gasteiger partial charge in [0.25, 0.3) is 0 Å². The van der Waals surface area contributed by atoms with Gasteiger partial charge < -0.3 is 4.74 Å². The minimum Gasteiger partial charge on any atom is -0.376 e. The number of hydrogen-bond acceptors (Lipinski definition) is 3. The molecule has 0 aliphatic heterocycles. The fourth-order valence-corrected chi connectivity index (χ4v) is 2.91. The summed E-state index contributed by atoms with van der Waals surface area (Å²) >= 11 is 0. The highest BCUT2D eigenvalue weighted by atomic mass is 32.2. The van der Waals surface area contributed by atoms with Crippen molar-refractivity contribution in [2.75, 3.05) is 19.8 Å². The number of ether oxygens (including phenoxy) is 1. The van der Waals surface area contributed by atoms with Crippen molar-refractivity contribution in [1.29, 1.82) is 0 Å². The quantitative estimate of drug-likeness (QED) is 0.616. The molecule has 0 saturated carbocycles. The third-order valence-electron chi connectivity index (χ3n) is 2.52. The van der Waals surface area contributed by atoms with E-state index in [-0.39, 0.29) is 6.54 Å². The third kappa shape index (κ3) is 5.14. The summed E-state index contributed by atoms with van der Waals surface area (Å²) in [5.74, 6) is 0. The number of rotatable bonds is 7. The van der Waals surface area contributed by atoms with Crippen LogP contribution in [0.4, 0.5) is 0 Å². The summed E-state index contributed by atoms with van der Waals surface area (Å²) in [6.45, 7) is 10.3. The van der Waals surface area contributed by atoms with Crippen LogP contribution in [0.5, 0.6) is 0 Å². The predicted octanol–water partition coefficient (Wildman–Crippen LogP) is 2.17. The minimum atomic E-state index is -3.47. The maximum Gasteiger partial charge on any atom is 0.240 e. The van der Waals surface area contributed by atoms with Crippen molar-refractivity contribution in [3.63, 3.8) is 0 Å². The molecule has 4 nitrogen and oxygen atoms in total. The maximum absolute atomic E-state index is 12.1. The van der Waals surface area contributed by atoms with Crippen molar-refractivity contribution in [2.45, 2.75) is 25.7 Å². The molecule has 0 radical (unpaired) electrons. The first-order valence-electron chi connectivity index (χ1n) is 6.12. The van der Waals surface area contributed by atoms with E-state index in [4.69, 9.17) is 4.74 Å². The lowest BCUT2D eigenvalue weighted by Crippen LogP contribution is -2.28. The molecule has 0 saturated heterocycles. The molecule has 0 heterocycles. The molecule has 0 aliphatic rings. The zero-order valence-electron chi connectivity index (χ0n) is 11.7. The molecule has 1 rings (SSSR count). The number of hydrogen-bond donors (Lipinski definition) is 1. The van der Waals surface area contributed by atoms with Gasteiger partial charge in [-0.15, -0.1) is 0 Å². The molecule has 1 N–H and O–H groups in total. The molecule has 1 aromatic carbocycles. The van der Waals surface area contributed by atoms with Gasteiger partial charge in [0.2, 0.25) is 10.0 Å². The summed E-state index contributed by atoms with van der Waals surface area (Å²) in [7, 11) is -3.47. The second kappa shape index (κ2) is 6.84. The van der Waals surface area contributed by atoms with Crippen LogP contribution < -0.4 is 4.72 Å². The van der Waals surface area contributed by atoms with Crippen LogP contribution in [0.3, 0.4) is 0 Å². The molecule has 106 valence electrons. The van der Waals surface area contributed by atoms with Crippen LogP contribution in [0.25, 0.3) is 0 Å². The van der Waals surface area contributed by atoms with Gasteiger partial charge in [-0.2, -0.15) is 0 Å². The molecule has 0 amide bonds. The lowest BCUT2D eigenvalue weighted by Gasteiger charge is -2.10. The summed E-state index contributed by atoms with van der Waals surface area (Å²) in [5, 5.41) is 0. The molecular weight excluding hydrogens is 262 g/mol. The van der Waals surface area contributed by atoms with Gasteiger partial charge in [-0.05, 0) is 38.0 Å². The van der Waals surface area contributed by atoms with E-state index in [1.807, 2.05) is 26.0 Å². The van der Waals surface area contributed by atoms with Gasteiger partial charge in [0.15, 0.2) is 0 Å². The van der Waals surface area contributed by atoms with Crippen LogP contribution in [0.15, 0.2) is 35.2 Å². The van der Waals surface area contributed by atoms with Gasteiger partial charge in [-0.3, -0.25) is 0 Å². The second-order valence-corrected chi connectivity index (χ2v) is 6.41. The minimum absolute atomic E-state index is 0.253. The average Bonchev–Trinajstić information content (AvgIpc) is 2.31. The first kappa shape index (κ1) is 15.9. The molecule has 19 heavy (non-hydrogen) atoms. The summed E-state index contributed by atoms with van der Waals surface area (Å²) in [6, 6.07) is 5.37. The van der Waals surface area contributed by atoms with Gasteiger partial charge >= 0.3 is 0 Å². The molecule has 0 aromatic heterocycles. The van der Waals surface area contributed by atoms with Gasteiger partial charge in [-0.25, -0.2) is 13.1 Å². The number of benzene rings is 1. The molecule has 0 fully saturated rings. The Labute approximate surface area is 115 Å². The monoisotopic (exact) mass is 283 g/mol. The van der Waals surface area contributed by atoms with Gasteiger partial charge in [0, 0.05) is 6.54 Å². The topological polar surface area (TPSA) is 55.4 Å². The van der Waals surface area contributed by atoms with Crippen LogP contribution in [0.1, 0.15) is 18.1 Å². The Morgan fingerprint density at radius 2 is 2.05 bits per heavy atom. The molecule has 0 aliphatic carbocycles. The summed E-state index contributed by atoms with van der Waals surface area (Å²) in [6.07, 6.45) is 0. The van der Waals surface area contributed by atoms with E-state index in [0.29, 0.717) is 18.1 Å². The Bertz CT molecular complexity index is 550. The SMILES string of the molecule is C=C(C)COCCNS(=O)(=O)c1cc(C)ccc1C. The summed E-state index contributed by atoms with van der Waals surface area (Å²) in [5.41, 5.74) is 2.57. The van der Waals surface area contributed by atoms with Gasteiger partial charge in [0.1, 0.15) is 0 Å². The lowest BCUT2D eigenvalue weighted by atomic mass is 10.2. The molecule has 0 atom stereocenters.